The lowest BCUT2D eigenvalue weighted by atomic mass is 9.99. The summed E-state index contributed by atoms with van der Waals surface area (Å²) in [4.78, 5) is 8.57. The Morgan fingerprint density at radius 3 is 2.94 bits per heavy atom. The van der Waals surface area contributed by atoms with Crippen LogP contribution in [-0.4, -0.2) is 31.6 Å². The molecule has 0 bridgehead atoms. The first-order chi connectivity index (χ1) is 8.72. The Morgan fingerprint density at radius 1 is 1.44 bits per heavy atom. The summed E-state index contributed by atoms with van der Waals surface area (Å²) in [7, 11) is 0. The van der Waals surface area contributed by atoms with Gasteiger partial charge in [-0.15, -0.1) is 0 Å². The molecule has 1 aliphatic carbocycles. The molecule has 0 spiro atoms. The molecule has 0 amide bonds. The number of aliphatic hydroxyl groups is 1. The lowest BCUT2D eigenvalue weighted by molar-refractivity contribution is 0.214. The van der Waals surface area contributed by atoms with E-state index in [-0.39, 0.29) is 12.1 Å². The van der Waals surface area contributed by atoms with Gasteiger partial charge in [-0.1, -0.05) is 12.8 Å². The summed E-state index contributed by atoms with van der Waals surface area (Å²) in [5.74, 6) is 1.09. The van der Waals surface area contributed by atoms with Crippen LogP contribution in [0, 0.1) is 0 Å². The van der Waals surface area contributed by atoms with Crippen LogP contribution in [0.5, 0.6) is 0 Å². The van der Waals surface area contributed by atoms with E-state index in [4.69, 9.17) is 5.73 Å². The normalized spacial score (nSPS) is 18.3. The number of nitrogens with one attached hydrogen (secondary N) is 1. The van der Waals surface area contributed by atoms with E-state index in [0.29, 0.717) is 11.6 Å². The molecule has 0 radical (unpaired) electrons. The molecule has 2 aromatic rings. The first-order valence-corrected chi connectivity index (χ1v) is 6.21. The molecule has 2 heterocycles. The second-order valence-electron chi connectivity index (χ2n) is 4.94. The van der Waals surface area contributed by atoms with Crippen LogP contribution in [0.25, 0.3) is 5.65 Å². The smallest absolute Gasteiger partial charge is 0.180 e. The minimum atomic E-state index is -0.271. The van der Waals surface area contributed by atoms with E-state index in [2.05, 4.69) is 15.3 Å². The van der Waals surface area contributed by atoms with Crippen molar-refractivity contribution in [3.05, 3.63) is 18.6 Å². The minimum absolute atomic E-state index is 0.107. The van der Waals surface area contributed by atoms with Crippen molar-refractivity contribution < 1.29 is 5.11 Å². The van der Waals surface area contributed by atoms with E-state index in [9.17, 15) is 5.11 Å². The zero-order chi connectivity index (χ0) is 12.6. The van der Waals surface area contributed by atoms with Crippen molar-refractivity contribution in [2.45, 2.75) is 31.2 Å². The molecule has 4 N–H and O–H groups in total. The van der Waals surface area contributed by atoms with Crippen molar-refractivity contribution in [2.24, 2.45) is 0 Å². The number of aromatic nitrogens is 3. The maximum atomic E-state index is 9.62. The molecule has 18 heavy (non-hydrogen) atoms. The van der Waals surface area contributed by atoms with Crippen molar-refractivity contribution in [2.75, 3.05) is 17.7 Å². The summed E-state index contributed by atoms with van der Waals surface area (Å²) < 4.78 is 1.84. The van der Waals surface area contributed by atoms with Gasteiger partial charge in [0, 0.05) is 12.4 Å². The highest BCUT2D eigenvalue weighted by molar-refractivity contribution is 5.65. The van der Waals surface area contributed by atoms with Crippen LogP contribution in [0.2, 0.25) is 0 Å². The molecule has 2 aromatic heterocycles. The summed E-state index contributed by atoms with van der Waals surface area (Å²) in [6.07, 6.45) is 9.43. The summed E-state index contributed by atoms with van der Waals surface area (Å²) in [6.45, 7) is 0.107. The molecule has 0 saturated heterocycles. The van der Waals surface area contributed by atoms with Gasteiger partial charge < -0.3 is 20.6 Å². The molecule has 1 saturated carbocycles. The molecular formula is C12H17N5O. The number of nitrogen functional groups attached to an aromatic ring is 1. The molecule has 1 aliphatic rings. The van der Waals surface area contributed by atoms with Gasteiger partial charge >= 0.3 is 0 Å². The highest BCUT2D eigenvalue weighted by Crippen LogP contribution is 2.33. The first-order valence-electron chi connectivity index (χ1n) is 6.21. The first kappa shape index (κ1) is 11.3. The van der Waals surface area contributed by atoms with Crippen molar-refractivity contribution >= 4 is 17.3 Å². The number of hydrogen-bond donors (Lipinski definition) is 3. The number of aliphatic hydroxyl groups excluding tert-OH is 1. The summed E-state index contributed by atoms with van der Waals surface area (Å²) >= 11 is 0. The molecule has 0 atom stereocenters. The van der Waals surface area contributed by atoms with Gasteiger partial charge in [-0.05, 0) is 12.8 Å². The van der Waals surface area contributed by atoms with Crippen molar-refractivity contribution in [1.29, 1.82) is 0 Å². The number of hydrogen-bond acceptors (Lipinski definition) is 5. The standard InChI is InChI=1S/C12H17N5O/c13-9-7-17-6-5-14-11(17)10(15-9)16-12(8-18)3-1-2-4-12/h5-7,18H,1-4,8,13H2,(H,15,16). The minimum Gasteiger partial charge on any atom is -0.394 e. The highest BCUT2D eigenvalue weighted by atomic mass is 16.3. The molecule has 1 fully saturated rings. The second-order valence-corrected chi connectivity index (χ2v) is 4.94. The number of fused-ring (bicyclic) bond motifs is 1. The third-order valence-electron chi connectivity index (χ3n) is 3.64. The van der Waals surface area contributed by atoms with Gasteiger partial charge in [0.05, 0.1) is 18.3 Å². The Balaban J connectivity index is 2.01. The summed E-state index contributed by atoms with van der Waals surface area (Å²) in [6, 6.07) is 0. The average molecular weight is 247 g/mol. The van der Waals surface area contributed by atoms with Crippen LogP contribution in [0.1, 0.15) is 25.7 Å². The molecule has 0 aliphatic heterocycles. The third kappa shape index (κ3) is 1.78. The zero-order valence-electron chi connectivity index (χ0n) is 10.1. The van der Waals surface area contributed by atoms with Crippen LogP contribution in [-0.2, 0) is 0 Å². The number of nitrogens with two attached hydrogens (primary N) is 1. The molecule has 96 valence electrons. The molecule has 3 rings (SSSR count). The van der Waals surface area contributed by atoms with Crippen LogP contribution < -0.4 is 11.1 Å². The van der Waals surface area contributed by atoms with E-state index < -0.39 is 0 Å². The average Bonchev–Trinajstić information content (AvgIpc) is 2.98. The number of anilines is 2. The number of rotatable bonds is 3. The molecule has 0 unspecified atom stereocenters. The van der Waals surface area contributed by atoms with E-state index in [1.54, 1.807) is 12.4 Å². The third-order valence-corrected chi connectivity index (χ3v) is 3.64. The summed E-state index contributed by atoms with van der Waals surface area (Å²) in [5, 5.41) is 13.0. The van der Waals surface area contributed by atoms with E-state index in [0.717, 1.165) is 31.3 Å². The SMILES string of the molecule is Nc1cn2ccnc2c(NC2(CO)CCCC2)n1. The number of imidazole rings is 1. The molecular weight excluding hydrogens is 230 g/mol. The predicted molar refractivity (Wildman–Crippen MR) is 69.3 cm³/mol. The fourth-order valence-corrected chi connectivity index (χ4v) is 2.66. The zero-order valence-corrected chi connectivity index (χ0v) is 10.1. The van der Waals surface area contributed by atoms with Crippen LogP contribution in [0.3, 0.4) is 0 Å². The lowest BCUT2D eigenvalue weighted by Crippen LogP contribution is -2.39. The van der Waals surface area contributed by atoms with Crippen molar-refractivity contribution in [1.82, 2.24) is 14.4 Å². The molecule has 6 nitrogen and oxygen atoms in total. The maximum Gasteiger partial charge on any atom is 0.180 e. The lowest BCUT2D eigenvalue weighted by Gasteiger charge is -2.28. The van der Waals surface area contributed by atoms with Gasteiger partial charge in [-0.2, -0.15) is 0 Å². The van der Waals surface area contributed by atoms with Gasteiger partial charge in [0.2, 0.25) is 0 Å². The topological polar surface area (TPSA) is 88.5 Å². The summed E-state index contributed by atoms with van der Waals surface area (Å²) in [5.41, 5.74) is 6.25. The van der Waals surface area contributed by atoms with Gasteiger partial charge in [-0.3, -0.25) is 0 Å². The van der Waals surface area contributed by atoms with E-state index >= 15 is 0 Å². The van der Waals surface area contributed by atoms with Crippen LogP contribution in [0.15, 0.2) is 18.6 Å². The predicted octanol–water partition coefficient (Wildman–Crippen LogP) is 1.03. The van der Waals surface area contributed by atoms with Gasteiger partial charge in [0.25, 0.3) is 0 Å². The van der Waals surface area contributed by atoms with Crippen LogP contribution >= 0.6 is 0 Å². The Bertz CT molecular complexity index is 559. The fraction of sp³-hybridized carbons (Fsp3) is 0.500. The largest absolute Gasteiger partial charge is 0.394 e. The van der Waals surface area contributed by atoms with Crippen LogP contribution in [0.4, 0.5) is 11.6 Å². The highest BCUT2D eigenvalue weighted by Gasteiger charge is 2.34. The van der Waals surface area contributed by atoms with Crippen molar-refractivity contribution in [3.8, 4) is 0 Å². The Morgan fingerprint density at radius 2 is 2.22 bits per heavy atom. The van der Waals surface area contributed by atoms with E-state index in [1.807, 2.05) is 10.6 Å². The molecule has 0 aromatic carbocycles. The van der Waals surface area contributed by atoms with Gasteiger partial charge in [0.15, 0.2) is 11.5 Å². The quantitative estimate of drug-likeness (QED) is 0.754. The second kappa shape index (κ2) is 4.13. The van der Waals surface area contributed by atoms with E-state index in [1.165, 1.54) is 0 Å². The van der Waals surface area contributed by atoms with Gasteiger partial charge in [-0.25, -0.2) is 9.97 Å². The fourth-order valence-electron chi connectivity index (χ4n) is 2.66. The van der Waals surface area contributed by atoms with Gasteiger partial charge in [0.1, 0.15) is 5.82 Å². The monoisotopic (exact) mass is 247 g/mol. The van der Waals surface area contributed by atoms with Crippen molar-refractivity contribution in [3.63, 3.8) is 0 Å². The Hall–Kier alpha value is -1.82. The Kier molecular flexibility index (Phi) is 2.59. The molecule has 6 heteroatoms. The number of nitrogens with zero attached hydrogens (tertiary/aromatic N) is 3. The Labute approximate surface area is 105 Å². The maximum absolute atomic E-state index is 9.62.